The number of aromatic hydroxyl groups is 1. The number of nitrogens with one attached hydrogen (secondary N) is 1. The minimum Gasteiger partial charge on any atom is -0.507 e. The van der Waals surface area contributed by atoms with Gasteiger partial charge in [0.1, 0.15) is 22.9 Å². The molecule has 1 aromatic heterocycles. The maximum absolute atomic E-state index is 13.5. The summed E-state index contributed by atoms with van der Waals surface area (Å²) in [6.07, 6.45) is 0.341. The van der Waals surface area contributed by atoms with Crippen LogP contribution in [0.1, 0.15) is 34.1 Å². The average Bonchev–Trinajstić information content (AvgIpc) is 3.46. The van der Waals surface area contributed by atoms with Crippen LogP contribution in [-0.4, -0.2) is 64.6 Å². The zero-order valence-electron chi connectivity index (χ0n) is 18.0. The number of benzene rings is 2. The number of amides is 2. The van der Waals surface area contributed by atoms with Crippen LogP contribution >= 0.6 is 0 Å². The minimum absolute atomic E-state index is 0.0140. The molecule has 3 heterocycles. The predicted octanol–water partition coefficient (Wildman–Crippen LogP) is 1.38. The number of H-pyrrole nitrogens is 1. The van der Waals surface area contributed by atoms with Crippen molar-refractivity contribution in [2.24, 2.45) is 5.73 Å². The van der Waals surface area contributed by atoms with Crippen LogP contribution in [0, 0.1) is 0 Å². The Hall–Kier alpha value is -3.86. The van der Waals surface area contributed by atoms with Crippen LogP contribution in [0.3, 0.4) is 0 Å². The third-order valence-electron chi connectivity index (χ3n) is 6.14. The molecule has 1 saturated heterocycles. The van der Waals surface area contributed by atoms with E-state index in [9.17, 15) is 23.1 Å². The Labute approximate surface area is 195 Å². The SMILES string of the molecule is NC(=O)COc1ccc(C2c3c(-c4ccccc4O)n[nH]c3C(=O)N2C2CCS(=O)(=O)C2)cc1. The number of para-hydroxylation sites is 1. The second-order valence-electron chi connectivity index (χ2n) is 8.37. The molecule has 34 heavy (non-hydrogen) atoms. The van der Waals surface area contributed by atoms with Gasteiger partial charge in [0.15, 0.2) is 16.4 Å². The molecule has 2 unspecified atom stereocenters. The summed E-state index contributed by atoms with van der Waals surface area (Å²) in [5.74, 6) is -0.597. The van der Waals surface area contributed by atoms with Crippen molar-refractivity contribution in [3.05, 3.63) is 65.4 Å². The summed E-state index contributed by atoms with van der Waals surface area (Å²) in [6, 6.07) is 12.4. The zero-order valence-corrected chi connectivity index (χ0v) is 18.8. The van der Waals surface area contributed by atoms with Gasteiger partial charge in [-0.25, -0.2) is 8.42 Å². The van der Waals surface area contributed by atoms with Crippen molar-refractivity contribution in [2.45, 2.75) is 18.5 Å². The molecule has 11 heteroatoms. The molecule has 4 N–H and O–H groups in total. The van der Waals surface area contributed by atoms with Crippen molar-refractivity contribution in [1.82, 2.24) is 15.1 Å². The van der Waals surface area contributed by atoms with E-state index >= 15 is 0 Å². The molecule has 0 bridgehead atoms. The fraction of sp³-hybridized carbons (Fsp3) is 0.261. The lowest BCUT2D eigenvalue weighted by molar-refractivity contribution is -0.119. The quantitative estimate of drug-likeness (QED) is 0.479. The van der Waals surface area contributed by atoms with E-state index in [0.29, 0.717) is 34.6 Å². The number of nitrogens with two attached hydrogens (primary N) is 1. The van der Waals surface area contributed by atoms with Gasteiger partial charge >= 0.3 is 0 Å². The highest BCUT2D eigenvalue weighted by atomic mass is 32.2. The molecular formula is C23H22N4O6S. The van der Waals surface area contributed by atoms with Gasteiger partial charge in [-0.1, -0.05) is 24.3 Å². The van der Waals surface area contributed by atoms with Crippen LogP contribution < -0.4 is 10.5 Å². The van der Waals surface area contributed by atoms with E-state index in [2.05, 4.69) is 10.2 Å². The number of nitrogens with zero attached hydrogens (tertiary/aromatic N) is 2. The normalized spacial score (nSPS) is 20.9. The number of rotatable bonds is 6. The fourth-order valence-electron chi connectivity index (χ4n) is 4.64. The molecule has 2 amide bonds. The van der Waals surface area contributed by atoms with E-state index in [4.69, 9.17) is 10.5 Å². The molecule has 0 aliphatic carbocycles. The van der Waals surface area contributed by atoms with Crippen LogP contribution in [0.25, 0.3) is 11.3 Å². The Balaban J connectivity index is 1.61. The number of phenolic OH excluding ortho intramolecular Hbond substituents is 1. The number of aromatic nitrogens is 2. The number of sulfone groups is 1. The molecule has 0 radical (unpaired) electrons. The van der Waals surface area contributed by atoms with Crippen LogP contribution in [0.15, 0.2) is 48.5 Å². The lowest BCUT2D eigenvalue weighted by Gasteiger charge is -2.31. The molecule has 10 nitrogen and oxygen atoms in total. The number of hydrogen-bond acceptors (Lipinski definition) is 7. The number of phenols is 1. The standard InChI is InChI=1S/C23H22N4O6S/c24-18(29)11-33-15-7-5-13(6-8-15)22-19-20(16-3-1-2-4-17(16)28)25-26-21(19)23(30)27(22)14-9-10-34(31,32)12-14/h1-8,14,22,28H,9-12H2,(H2,24,29)(H,25,26). The van der Waals surface area contributed by atoms with Gasteiger partial charge in [-0.3, -0.25) is 14.7 Å². The van der Waals surface area contributed by atoms with Gasteiger partial charge in [-0.05, 0) is 36.2 Å². The third kappa shape index (κ3) is 3.77. The van der Waals surface area contributed by atoms with Crippen molar-refractivity contribution in [1.29, 1.82) is 0 Å². The first-order chi connectivity index (χ1) is 16.2. The highest BCUT2D eigenvalue weighted by Gasteiger charge is 2.48. The van der Waals surface area contributed by atoms with Crippen LogP contribution in [-0.2, 0) is 14.6 Å². The van der Waals surface area contributed by atoms with Gasteiger partial charge in [0.05, 0.1) is 17.5 Å². The number of primary amides is 1. The van der Waals surface area contributed by atoms with Crippen molar-refractivity contribution in [3.63, 3.8) is 0 Å². The minimum atomic E-state index is -3.25. The van der Waals surface area contributed by atoms with E-state index in [1.807, 2.05) is 0 Å². The van der Waals surface area contributed by atoms with Crippen LogP contribution in [0.4, 0.5) is 0 Å². The zero-order chi connectivity index (χ0) is 24.0. The Morgan fingerprint density at radius 2 is 1.94 bits per heavy atom. The van der Waals surface area contributed by atoms with E-state index in [-0.39, 0.29) is 35.5 Å². The number of carbonyl (C=O) groups excluding carboxylic acids is 2. The highest BCUT2D eigenvalue weighted by Crippen LogP contribution is 2.46. The van der Waals surface area contributed by atoms with Gasteiger partial charge in [0, 0.05) is 17.2 Å². The second kappa shape index (κ2) is 8.17. The molecule has 176 valence electrons. The molecule has 3 aromatic rings. The molecular weight excluding hydrogens is 460 g/mol. The topological polar surface area (TPSA) is 156 Å². The van der Waals surface area contributed by atoms with E-state index < -0.39 is 27.8 Å². The van der Waals surface area contributed by atoms with Gasteiger partial charge in [-0.2, -0.15) is 5.10 Å². The van der Waals surface area contributed by atoms with Crippen molar-refractivity contribution < 1.29 is 27.9 Å². The first-order valence-electron chi connectivity index (χ1n) is 10.7. The molecule has 0 saturated carbocycles. The van der Waals surface area contributed by atoms with Gasteiger partial charge in [-0.15, -0.1) is 0 Å². The molecule has 2 aromatic carbocycles. The van der Waals surface area contributed by atoms with E-state index in [1.165, 1.54) is 6.07 Å². The summed E-state index contributed by atoms with van der Waals surface area (Å²) in [7, 11) is -3.25. The third-order valence-corrected chi connectivity index (χ3v) is 7.89. The summed E-state index contributed by atoms with van der Waals surface area (Å²) < 4.78 is 29.8. The summed E-state index contributed by atoms with van der Waals surface area (Å²) >= 11 is 0. The summed E-state index contributed by atoms with van der Waals surface area (Å²) in [5, 5.41) is 17.6. The largest absolute Gasteiger partial charge is 0.507 e. The fourth-order valence-corrected chi connectivity index (χ4v) is 6.36. The van der Waals surface area contributed by atoms with Crippen LogP contribution in [0.2, 0.25) is 0 Å². The number of carbonyl (C=O) groups is 2. The van der Waals surface area contributed by atoms with E-state index in [1.54, 1.807) is 47.4 Å². The second-order valence-corrected chi connectivity index (χ2v) is 10.6. The first kappa shape index (κ1) is 22.0. The van der Waals surface area contributed by atoms with Gasteiger partial charge in [0.2, 0.25) is 0 Å². The Bertz CT molecular complexity index is 1380. The maximum Gasteiger partial charge on any atom is 0.273 e. The van der Waals surface area contributed by atoms with Crippen molar-refractivity contribution in [3.8, 4) is 22.8 Å². The lowest BCUT2D eigenvalue weighted by Crippen LogP contribution is -2.40. The molecule has 2 aliphatic heterocycles. The Morgan fingerprint density at radius 3 is 2.59 bits per heavy atom. The molecule has 0 spiro atoms. The molecule has 5 rings (SSSR count). The number of hydrogen-bond donors (Lipinski definition) is 3. The number of aromatic amines is 1. The number of fused-ring (bicyclic) bond motifs is 1. The summed E-state index contributed by atoms with van der Waals surface area (Å²) in [4.78, 5) is 26.1. The highest BCUT2D eigenvalue weighted by molar-refractivity contribution is 7.91. The predicted molar refractivity (Wildman–Crippen MR) is 122 cm³/mol. The lowest BCUT2D eigenvalue weighted by atomic mass is 9.95. The Kier molecular flexibility index (Phi) is 5.28. The monoisotopic (exact) mass is 482 g/mol. The average molecular weight is 483 g/mol. The summed E-state index contributed by atoms with van der Waals surface area (Å²) in [5.41, 5.74) is 7.56. The molecule has 2 aliphatic rings. The molecule has 1 fully saturated rings. The van der Waals surface area contributed by atoms with Crippen molar-refractivity contribution >= 4 is 21.7 Å². The number of ether oxygens (including phenoxy) is 1. The van der Waals surface area contributed by atoms with Gasteiger partial charge < -0.3 is 20.5 Å². The van der Waals surface area contributed by atoms with Crippen molar-refractivity contribution in [2.75, 3.05) is 18.1 Å². The Morgan fingerprint density at radius 1 is 1.21 bits per heavy atom. The van der Waals surface area contributed by atoms with E-state index in [0.717, 1.165) is 0 Å². The maximum atomic E-state index is 13.5. The molecule has 2 atom stereocenters. The first-order valence-corrected chi connectivity index (χ1v) is 12.5. The van der Waals surface area contributed by atoms with Gasteiger partial charge in [0.25, 0.3) is 11.8 Å². The van der Waals surface area contributed by atoms with Crippen LogP contribution in [0.5, 0.6) is 11.5 Å². The smallest absolute Gasteiger partial charge is 0.273 e. The summed E-state index contributed by atoms with van der Waals surface area (Å²) in [6.45, 7) is -0.267.